The first-order valence-corrected chi connectivity index (χ1v) is 19.7. The van der Waals surface area contributed by atoms with E-state index in [2.05, 4.69) is 109 Å². The number of hydrogen-bond donors (Lipinski definition) is 1. The largest absolute Gasteiger partial charge is 0.449 e. The first kappa shape index (κ1) is 35.6. The van der Waals surface area contributed by atoms with E-state index in [1.165, 1.54) is 22.3 Å². The molecule has 0 fully saturated rings. The third-order valence-corrected chi connectivity index (χ3v) is 11.6. The fraction of sp³-hybridized carbons (Fsp3) is 0.0556. The Hall–Kier alpha value is -7.81. The molecule has 280 valence electrons. The van der Waals surface area contributed by atoms with Crippen molar-refractivity contribution in [2.24, 2.45) is 4.99 Å². The van der Waals surface area contributed by atoms with Gasteiger partial charge in [0.1, 0.15) is 0 Å². The molecule has 1 unspecified atom stereocenters. The van der Waals surface area contributed by atoms with Crippen molar-refractivity contribution >= 4 is 18.1 Å². The minimum atomic E-state index is -0.480. The van der Waals surface area contributed by atoms with E-state index < -0.39 is 5.41 Å². The Balaban J connectivity index is 0.938. The summed E-state index contributed by atoms with van der Waals surface area (Å²) in [6.07, 6.45) is 10.8. The third-order valence-electron chi connectivity index (χ3n) is 11.6. The van der Waals surface area contributed by atoms with Gasteiger partial charge in [-0.05, 0) is 118 Å². The highest BCUT2D eigenvalue weighted by molar-refractivity contribution is 6.10. The molecular weight excluding hydrogens is 723 g/mol. The van der Waals surface area contributed by atoms with Crippen LogP contribution in [0.4, 0.5) is 0 Å². The fourth-order valence-corrected chi connectivity index (χ4v) is 8.86. The van der Waals surface area contributed by atoms with Crippen LogP contribution in [0.2, 0.25) is 0 Å². The lowest BCUT2D eigenvalue weighted by Gasteiger charge is -2.36. The van der Waals surface area contributed by atoms with E-state index in [1.54, 1.807) is 12.1 Å². The summed E-state index contributed by atoms with van der Waals surface area (Å²) in [5, 5.41) is 18.3. The number of nitrogens with zero attached hydrogens (tertiary/aromatic N) is 2. The molecule has 0 bridgehead atoms. The molecule has 1 heterocycles. The van der Waals surface area contributed by atoms with Crippen LogP contribution in [0.3, 0.4) is 0 Å². The van der Waals surface area contributed by atoms with Gasteiger partial charge < -0.3 is 14.9 Å². The van der Waals surface area contributed by atoms with Crippen molar-refractivity contribution in [3.8, 4) is 62.4 Å². The Kier molecular flexibility index (Phi) is 8.81. The van der Waals surface area contributed by atoms with E-state index in [-0.39, 0.29) is 0 Å². The monoisotopic (exact) mass is 759 g/mol. The quantitative estimate of drug-likeness (QED) is 0.157. The van der Waals surface area contributed by atoms with Crippen molar-refractivity contribution in [3.05, 3.63) is 221 Å². The zero-order valence-corrected chi connectivity index (χ0v) is 32.2. The minimum absolute atomic E-state index is 0.316. The predicted octanol–water partition coefficient (Wildman–Crippen LogP) is 13.5. The summed E-state index contributed by atoms with van der Waals surface area (Å²) in [4.78, 5) is 4.27. The van der Waals surface area contributed by atoms with Gasteiger partial charge in [0.25, 0.3) is 0 Å². The number of benzene rings is 7. The van der Waals surface area contributed by atoms with E-state index in [1.807, 2.05) is 78.9 Å². The Bertz CT molecular complexity index is 2990. The molecule has 2 aliphatic carbocycles. The summed E-state index contributed by atoms with van der Waals surface area (Å²) < 4.78 is 13.5. The van der Waals surface area contributed by atoms with Gasteiger partial charge in [0.2, 0.25) is 0 Å². The van der Waals surface area contributed by atoms with Crippen molar-refractivity contribution in [1.82, 2.24) is 0 Å². The van der Waals surface area contributed by atoms with Crippen LogP contribution < -0.4 is 9.47 Å². The molecule has 10 rings (SSSR count). The van der Waals surface area contributed by atoms with Crippen LogP contribution >= 0.6 is 0 Å². The highest BCUT2D eigenvalue weighted by Gasteiger charge is 2.49. The van der Waals surface area contributed by atoms with Crippen LogP contribution in [-0.2, 0) is 5.41 Å². The average molecular weight is 760 g/mol. The summed E-state index contributed by atoms with van der Waals surface area (Å²) in [7, 11) is 0. The smallest absolute Gasteiger partial charge is 0.178 e. The molecular formula is C54H37N3O2. The average Bonchev–Trinajstić information content (AvgIpc) is 3.62. The molecule has 5 nitrogen and oxygen atoms in total. The zero-order chi connectivity index (χ0) is 39.9. The molecule has 0 saturated carbocycles. The lowest BCUT2D eigenvalue weighted by Crippen LogP contribution is -2.29. The first-order chi connectivity index (χ1) is 29.0. The van der Waals surface area contributed by atoms with Gasteiger partial charge in [-0.25, -0.2) is 0 Å². The van der Waals surface area contributed by atoms with Crippen molar-refractivity contribution in [1.29, 1.82) is 10.7 Å². The first-order valence-electron chi connectivity index (χ1n) is 19.7. The molecule has 7 aromatic rings. The van der Waals surface area contributed by atoms with Gasteiger partial charge in [-0.2, -0.15) is 5.26 Å². The topological polar surface area (TPSA) is 78.5 Å². The summed E-state index contributed by atoms with van der Waals surface area (Å²) in [6.45, 7) is 3.80. The van der Waals surface area contributed by atoms with Gasteiger partial charge in [-0.3, -0.25) is 4.99 Å². The van der Waals surface area contributed by atoms with E-state index in [0.29, 0.717) is 34.2 Å². The summed E-state index contributed by atoms with van der Waals surface area (Å²) >= 11 is 0. The van der Waals surface area contributed by atoms with Crippen molar-refractivity contribution < 1.29 is 9.47 Å². The van der Waals surface area contributed by atoms with Gasteiger partial charge in [0.15, 0.2) is 23.0 Å². The Labute approximate surface area is 343 Å². The number of aliphatic imine (C=N–C) groups is 1. The van der Waals surface area contributed by atoms with E-state index >= 15 is 0 Å². The van der Waals surface area contributed by atoms with Gasteiger partial charge >= 0.3 is 0 Å². The van der Waals surface area contributed by atoms with E-state index in [4.69, 9.17) is 14.9 Å². The van der Waals surface area contributed by atoms with Crippen LogP contribution in [0.5, 0.6) is 23.0 Å². The minimum Gasteiger partial charge on any atom is -0.449 e. The number of hydrogen-bond acceptors (Lipinski definition) is 5. The maximum atomic E-state index is 9.36. The lowest BCUT2D eigenvalue weighted by atomic mass is 9.66. The Morgan fingerprint density at radius 2 is 1.41 bits per heavy atom. The molecule has 0 radical (unpaired) electrons. The fourth-order valence-electron chi connectivity index (χ4n) is 8.86. The van der Waals surface area contributed by atoms with Crippen LogP contribution in [0.15, 0.2) is 193 Å². The second-order valence-electron chi connectivity index (χ2n) is 14.9. The molecule has 1 N–H and O–H groups in total. The number of nitriles is 1. The van der Waals surface area contributed by atoms with Gasteiger partial charge in [-0.1, -0.05) is 140 Å². The lowest BCUT2D eigenvalue weighted by molar-refractivity contribution is 0.360. The normalized spacial score (nSPS) is 15.9. The molecule has 1 aliphatic heterocycles. The van der Waals surface area contributed by atoms with Crippen molar-refractivity contribution in [2.45, 2.75) is 18.3 Å². The molecule has 59 heavy (non-hydrogen) atoms. The second-order valence-corrected chi connectivity index (χ2v) is 14.9. The van der Waals surface area contributed by atoms with Crippen molar-refractivity contribution in [3.63, 3.8) is 0 Å². The van der Waals surface area contributed by atoms with E-state index in [0.717, 1.165) is 63.1 Å². The number of allylic oxidation sites excluding steroid dienone is 5. The highest BCUT2D eigenvalue weighted by atomic mass is 16.6. The summed E-state index contributed by atoms with van der Waals surface area (Å²) in [5.74, 6) is 2.73. The van der Waals surface area contributed by atoms with Crippen LogP contribution in [0.1, 0.15) is 46.2 Å². The standard InChI is InChI=1S/C54H37N3O2/c1-57-48(41-15-11-14-39(31-41)38-13-10-12-35(30-38)34-55)33-47(56)37-24-22-36(23-25-37)40-26-28-49-51(32-40)58-50-29-27-46-52(53(50)59-49)44-20-8-9-21-45(44)54(46,42-16-4-2-5-17-42)43-18-6-3-7-19-43/h2,4-6,8-33,56H,1,3,7H2/b48-33-,56-47?. The summed E-state index contributed by atoms with van der Waals surface area (Å²) in [5.41, 5.74) is 13.6. The van der Waals surface area contributed by atoms with Gasteiger partial charge in [0, 0.05) is 11.1 Å². The van der Waals surface area contributed by atoms with E-state index in [9.17, 15) is 5.26 Å². The third kappa shape index (κ3) is 6.02. The maximum absolute atomic E-state index is 9.36. The Morgan fingerprint density at radius 1 is 0.661 bits per heavy atom. The SMILES string of the molecule is C=N/C(=C\C(=N)c1ccc(-c2ccc3c(c2)Oc2ccc4c(c2O3)-c2ccccc2C4(C2=CCCC=C2)c2ccccc2)cc1)c1cccc(-c2cccc(C#N)c2)c1. The second kappa shape index (κ2) is 14.6. The molecule has 0 aromatic heterocycles. The predicted molar refractivity (Wildman–Crippen MR) is 238 cm³/mol. The molecule has 3 aliphatic rings. The van der Waals surface area contributed by atoms with Crippen LogP contribution in [0.25, 0.3) is 39.1 Å². The Morgan fingerprint density at radius 3 is 2.20 bits per heavy atom. The van der Waals surface area contributed by atoms with Crippen LogP contribution in [-0.4, -0.2) is 12.4 Å². The van der Waals surface area contributed by atoms with Gasteiger partial charge in [0.05, 0.1) is 28.5 Å². The molecule has 5 heteroatoms. The molecule has 7 aromatic carbocycles. The molecule has 0 amide bonds. The molecule has 1 atom stereocenters. The van der Waals surface area contributed by atoms with Crippen molar-refractivity contribution in [2.75, 3.05) is 0 Å². The van der Waals surface area contributed by atoms with Crippen LogP contribution in [0, 0.1) is 16.7 Å². The summed E-state index contributed by atoms with van der Waals surface area (Å²) in [6, 6.07) is 55.4. The number of rotatable bonds is 8. The number of ether oxygens (including phenoxy) is 2. The number of fused-ring (bicyclic) bond motifs is 6. The van der Waals surface area contributed by atoms with Gasteiger partial charge in [-0.15, -0.1) is 0 Å². The zero-order valence-electron chi connectivity index (χ0n) is 32.2. The highest BCUT2D eigenvalue weighted by Crippen LogP contribution is 2.62. The molecule has 0 saturated heterocycles. The molecule has 0 spiro atoms. The number of nitrogens with one attached hydrogen (secondary N) is 1. The maximum Gasteiger partial charge on any atom is 0.178 e.